The molecule has 1 unspecified atom stereocenters. The van der Waals surface area contributed by atoms with E-state index in [2.05, 4.69) is 4.90 Å². The molecule has 0 aliphatic carbocycles. The Bertz CT molecular complexity index is 401. The summed E-state index contributed by atoms with van der Waals surface area (Å²) in [6.07, 6.45) is 0.234. The predicted octanol–water partition coefficient (Wildman–Crippen LogP) is 1.96. The number of nitrogens with zero attached hydrogens (tertiary/aromatic N) is 1. The topological polar surface area (TPSA) is 52.9 Å². The summed E-state index contributed by atoms with van der Waals surface area (Å²) in [4.78, 5) is 2.12. The Morgan fingerprint density at radius 2 is 2.10 bits per heavy atom. The van der Waals surface area contributed by atoms with Crippen LogP contribution in [0.2, 0.25) is 0 Å². The summed E-state index contributed by atoms with van der Waals surface area (Å²) in [6.45, 7) is 4.43. The van der Waals surface area contributed by atoms with E-state index in [0.29, 0.717) is 25.1 Å². The van der Waals surface area contributed by atoms with Crippen molar-refractivity contribution in [3.8, 4) is 5.75 Å². The minimum atomic E-state index is -0.894. The van der Waals surface area contributed by atoms with Crippen molar-refractivity contribution in [2.24, 2.45) is 0 Å². The first kappa shape index (κ1) is 16.9. The van der Waals surface area contributed by atoms with Gasteiger partial charge in [-0.3, -0.25) is 0 Å². The molecule has 0 aliphatic heterocycles. The van der Waals surface area contributed by atoms with Gasteiger partial charge in [-0.15, -0.1) is 0 Å². The average molecular weight is 285 g/mol. The Hall–Kier alpha value is -1.17. The van der Waals surface area contributed by atoms with E-state index in [0.717, 1.165) is 13.1 Å². The van der Waals surface area contributed by atoms with Gasteiger partial charge in [-0.05, 0) is 31.5 Å². The lowest BCUT2D eigenvalue weighted by Gasteiger charge is -2.22. The van der Waals surface area contributed by atoms with Crippen molar-refractivity contribution >= 4 is 0 Å². The minimum Gasteiger partial charge on any atom is -0.496 e. The number of hydrogen-bond acceptors (Lipinski definition) is 4. The van der Waals surface area contributed by atoms with Crippen LogP contribution in [0, 0.1) is 5.82 Å². The second kappa shape index (κ2) is 8.89. The molecule has 2 N–H and O–H groups in total. The molecule has 1 rings (SSSR count). The van der Waals surface area contributed by atoms with E-state index in [1.54, 1.807) is 12.1 Å². The van der Waals surface area contributed by atoms with Gasteiger partial charge in [0.15, 0.2) is 0 Å². The summed E-state index contributed by atoms with van der Waals surface area (Å²) in [5.41, 5.74) is 0.216. The van der Waals surface area contributed by atoms with E-state index in [4.69, 9.17) is 9.84 Å². The van der Waals surface area contributed by atoms with Gasteiger partial charge in [0.25, 0.3) is 0 Å². The van der Waals surface area contributed by atoms with Crippen LogP contribution >= 0.6 is 0 Å². The van der Waals surface area contributed by atoms with Gasteiger partial charge in [-0.2, -0.15) is 0 Å². The second-order valence-electron chi connectivity index (χ2n) is 4.67. The van der Waals surface area contributed by atoms with Crippen LogP contribution in [0.4, 0.5) is 4.39 Å². The van der Waals surface area contributed by atoms with Crippen LogP contribution in [0.1, 0.15) is 31.4 Å². The van der Waals surface area contributed by atoms with Crippen LogP contribution in [-0.2, 0) is 0 Å². The van der Waals surface area contributed by atoms with Crippen LogP contribution in [0.15, 0.2) is 18.2 Å². The number of hydrogen-bond donors (Lipinski definition) is 2. The maximum Gasteiger partial charge on any atom is 0.132 e. The molecule has 0 fully saturated rings. The molecule has 0 aliphatic rings. The number of aliphatic hydroxyl groups is 2. The Morgan fingerprint density at radius 3 is 2.70 bits per heavy atom. The van der Waals surface area contributed by atoms with Crippen LogP contribution in [-0.4, -0.2) is 48.5 Å². The number of methoxy groups -OCH3 is 1. The summed E-state index contributed by atoms with van der Waals surface area (Å²) >= 11 is 0. The quantitative estimate of drug-likeness (QED) is 0.728. The molecule has 0 radical (unpaired) electrons. The monoisotopic (exact) mass is 285 g/mol. The SMILES string of the molecule is CCN(CCCO)CCC(O)c1c(F)cccc1OC. The lowest BCUT2D eigenvalue weighted by Crippen LogP contribution is -2.27. The number of halogens is 1. The average Bonchev–Trinajstić information content (AvgIpc) is 2.46. The molecular formula is C15H24FNO3. The highest BCUT2D eigenvalue weighted by Crippen LogP contribution is 2.29. The number of benzene rings is 1. The van der Waals surface area contributed by atoms with Gasteiger partial charge in [-0.25, -0.2) is 4.39 Å². The van der Waals surface area contributed by atoms with Gasteiger partial charge in [0.05, 0.1) is 18.8 Å². The zero-order valence-corrected chi connectivity index (χ0v) is 12.2. The smallest absolute Gasteiger partial charge is 0.132 e. The zero-order chi connectivity index (χ0) is 15.0. The standard InChI is InChI=1S/C15H24FNO3/c1-3-17(9-5-11-18)10-8-13(19)15-12(16)6-4-7-14(15)20-2/h4,6-7,13,18-19H,3,5,8-11H2,1-2H3. The highest BCUT2D eigenvalue weighted by Gasteiger charge is 2.18. The Morgan fingerprint density at radius 1 is 1.35 bits per heavy atom. The van der Waals surface area contributed by atoms with Crippen LogP contribution in [0.25, 0.3) is 0 Å². The van der Waals surface area contributed by atoms with Gasteiger partial charge in [0.2, 0.25) is 0 Å². The molecule has 1 aromatic carbocycles. The first-order valence-corrected chi connectivity index (χ1v) is 6.97. The summed E-state index contributed by atoms with van der Waals surface area (Å²) in [5, 5.41) is 19.0. The summed E-state index contributed by atoms with van der Waals surface area (Å²) in [7, 11) is 1.46. The first-order chi connectivity index (χ1) is 9.63. The van der Waals surface area contributed by atoms with Crippen molar-refractivity contribution in [3.05, 3.63) is 29.6 Å². The third kappa shape index (κ3) is 4.74. The molecule has 0 heterocycles. The zero-order valence-electron chi connectivity index (χ0n) is 12.2. The molecule has 1 aromatic rings. The summed E-state index contributed by atoms with van der Waals surface area (Å²) < 4.78 is 18.9. The van der Waals surface area contributed by atoms with E-state index in [-0.39, 0.29) is 12.2 Å². The molecule has 0 aromatic heterocycles. The third-order valence-corrected chi connectivity index (χ3v) is 3.36. The van der Waals surface area contributed by atoms with E-state index in [1.807, 2.05) is 6.92 Å². The van der Waals surface area contributed by atoms with Crippen molar-refractivity contribution in [1.82, 2.24) is 4.90 Å². The number of ether oxygens (including phenoxy) is 1. The fourth-order valence-corrected chi connectivity index (χ4v) is 2.19. The molecule has 0 saturated heterocycles. The lowest BCUT2D eigenvalue weighted by atomic mass is 10.0. The number of rotatable bonds is 9. The molecule has 0 saturated carbocycles. The Balaban J connectivity index is 2.64. The Labute approximate surface area is 119 Å². The molecule has 0 amide bonds. The lowest BCUT2D eigenvalue weighted by molar-refractivity contribution is 0.133. The van der Waals surface area contributed by atoms with Crippen LogP contribution < -0.4 is 4.74 Å². The molecule has 1 atom stereocenters. The molecule has 114 valence electrons. The molecule has 5 heteroatoms. The van der Waals surface area contributed by atoms with Crippen molar-refractivity contribution in [3.63, 3.8) is 0 Å². The van der Waals surface area contributed by atoms with E-state index in [9.17, 15) is 9.50 Å². The first-order valence-electron chi connectivity index (χ1n) is 6.97. The molecule has 0 spiro atoms. The highest BCUT2D eigenvalue weighted by atomic mass is 19.1. The maximum absolute atomic E-state index is 13.8. The molecule has 4 nitrogen and oxygen atoms in total. The van der Waals surface area contributed by atoms with Crippen molar-refractivity contribution < 1.29 is 19.3 Å². The van der Waals surface area contributed by atoms with Crippen molar-refractivity contribution in [1.29, 1.82) is 0 Å². The van der Waals surface area contributed by atoms with Gasteiger partial charge in [-0.1, -0.05) is 13.0 Å². The fourth-order valence-electron chi connectivity index (χ4n) is 2.19. The van der Waals surface area contributed by atoms with Gasteiger partial charge in [0.1, 0.15) is 11.6 Å². The second-order valence-corrected chi connectivity index (χ2v) is 4.67. The number of aliphatic hydroxyl groups excluding tert-OH is 2. The van der Waals surface area contributed by atoms with E-state index < -0.39 is 11.9 Å². The van der Waals surface area contributed by atoms with E-state index in [1.165, 1.54) is 13.2 Å². The largest absolute Gasteiger partial charge is 0.496 e. The van der Waals surface area contributed by atoms with E-state index >= 15 is 0 Å². The molecule has 0 bridgehead atoms. The fraction of sp³-hybridized carbons (Fsp3) is 0.600. The normalized spacial score (nSPS) is 12.7. The van der Waals surface area contributed by atoms with Crippen LogP contribution in [0.5, 0.6) is 5.75 Å². The van der Waals surface area contributed by atoms with Gasteiger partial charge < -0.3 is 19.8 Å². The van der Waals surface area contributed by atoms with Crippen molar-refractivity contribution in [2.45, 2.75) is 25.9 Å². The molecular weight excluding hydrogens is 261 g/mol. The summed E-state index contributed by atoms with van der Waals surface area (Å²) in [6, 6.07) is 4.53. The molecule has 20 heavy (non-hydrogen) atoms. The third-order valence-electron chi connectivity index (χ3n) is 3.36. The summed E-state index contributed by atoms with van der Waals surface area (Å²) in [5.74, 6) is -0.0776. The minimum absolute atomic E-state index is 0.153. The predicted molar refractivity (Wildman–Crippen MR) is 76.3 cm³/mol. The highest BCUT2D eigenvalue weighted by molar-refractivity contribution is 5.36. The van der Waals surface area contributed by atoms with Gasteiger partial charge >= 0.3 is 0 Å². The Kier molecular flexibility index (Phi) is 7.51. The maximum atomic E-state index is 13.8. The van der Waals surface area contributed by atoms with Gasteiger partial charge in [0, 0.05) is 19.7 Å². The van der Waals surface area contributed by atoms with Crippen molar-refractivity contribution in [2.75, 3.05) is 33.4 Å². The van der Waals surface area contributed by atoms with Crippen LogP contribution in [0.3, 0.4) is 0 Å².